The van der Waals surface area contributed by atoms with E-state index in [-0.39, 0.29) is 30.9 Å². The van der Waals surface area contributed by atoms with Crippen molar-refractivity contribution in [3.8, 4) is 0 Å². The summed E-state index contributed by atoms with van der Waals surface area (Å²) in [4.78, 5) is 42.7. The quantitative estimate of drug-likeness (QED) is 0.515. The first-order valence-electron chi connectivity index (χ1n) is 12.6. The van der Waals surface area contributed by atoms with Crippen LogP contribution < -0.4 is 10.6 Å². The number of ether oxygens (including phenoxy) is 1. The van der Waals surface area contributed by atoms with Crippen molar-refractivity contribution in [2.75, 3.05) is 18.5 Å². The lowest BCUT2D eigenvalue weighted by atomic mass is 9.62. The van der Waals surface area contributed by atoms with Crippen molar-refractivity contribution in [2.24, 2.45) is 17.8 Å². The molecule has 3 N–H and O–H groups in total. The first-order valence-corrected chi connectivity index (χ1v) is 13.0. The second kappa shape index (κ2) is 9.42. The number of aliphatic hydroxyl groups excluding tert-OH is 1. The molecule has 5 rings (SSSR count). The maximum absolute atomic E-state index is 13.8. The minimum Gasteiger partial charge on any atom is -0.395 e. The molecule has 6 atom stereocenters. The van der Waals surface area contributed by atoms with Gasteiger partial charge >= 0.3 is 0 Å². The number of amides is 3. The number of anilines is 1. The molecule has 2 aromatic rings. The maximum Gasteiger partial charge on any atom is 0.250 e. The summed E-state index contributed by atoms with van der Waals surface area (Å²) in [5, 5.41) is 16.1. The average Bonchev–Trinajstić information content (AvgIpc) is 3.38. The summed E-state index contributed by atoms with van der Waals surface area (Å²) >= 11 is 6.37. The Morgan fingerprint density at radius 2 is 1.89 bits per heavy atom. The van der Waals surface area contributed by atoms with Gasteiger partial charge in [-0.05, 0) is 43.4 Å². The molecule has 3 fully saturated rings. The molecule has 8 nitrogen and oxygen atoms in total. The van der Waals surface area contributed by atoms with Crippen LogP contribution in [0.2, 0.25) is 5.02 Å². The minimum atomic E-state index is -1.19. The Labute approximate surface area is 221 Å². The molecule has 196 valence electrons. The highest BCUT2D eigenvalue weighted by molar-refractivity contribution is 6.34. The van der Waals surface area contributed by atoms with Gasteiger partial charge in [0.2, 0.25) is 17.7 Å². The van der Waals surface area contributed by atoms with Crippen LogP contribution in [0.1, 0.15) is 31.4 Å². The average molecular weight is 526 g/mol. The number of halogens is 1. The normalized spacial score (nSPS) is 31.9. The molecule has 37 heavy (non-hydrogen) atoms. The van der Waals surface area contributed by atoms with E-state index in [1.165, 1.54) is 4.90 Å². The summed E-state index contributed by atoms with van der Waals surface area (Å²) in [6.45, 7) is 5.67. The third kappa shape index (κ3) is 3.93. The van der Waals surface area contributed by atoms with E-state index in [2.05, 4.69) is 10.6 Å². The predicted molar refractivity (Wildman–Crippen MR) is 139 cm³/mol. The van der Waals surface area contributed by atoms with Crippen LogP contribution in [0, 0.1) is 24.7 Å². The molecule has 0 radical (unpaired) electrons. The van der Waals surface area contributed by atoms with Gasteiger partial charge in [-0.15, -0.1) is 0 Å². The molecular formula is C28H32ClN3O5. The largest absolute Gasteiger partial charge is 0.395 e. The molecular weight excluding hydrogens is 494 g/mol. The maximum atomic E-state index is 13.8. The number of likely N-dealkylation sites (tertiary alicyclic amines) is 1. The fraction of sp³-hybridized carbons (Fsp3) is 0.464. The predicted octanol–water partition coefficient (Wildman–Crippen LogP) is 2.91. The molecule has 3 heterocycles. The molecule has 0 aromatic heterocycles. The van der Waals surface area contributed by atoms with Gasteiger partial charge in [-0.3, -0.25) is 14.4 Å². The van der Waals surface area contributed by atoms with Crippen LogP contribution in [-0.4, -0.2) is 58.1 Å². The third-order valence-corrected chi connectivity index (χ3v) is 8.78. The first-order chi connectivity index (χ1) is 17.6. The second-order valence-corrected chi connectivity index (χ2v) is 11.0. The van der Waals surface area contributed by atoms with Crippen LogP contribution in [0.3, 0.4) is 0 Å². The summed E-state index contributed by atoms with van der Waals surface area (Å²) in [6, 6.07) is 13.9. The van der Waals surface area contributed by atoms with Crippen LogP contribution in [0.4, 0.5) is 5.69 Å². The Morgan fingerprint density at radius 1 is 1.16 bits per heavy atom. The Morgan fingerprint density at radius 3 is 2.57 bits per heavy atom. The zero-order valence-electron chi connectivity index (χ0n) is 21.2. The molecule has 3 saturated heterocycles. The van der Waals surface area contributed by atoms with Gasteiger partial charge in [0.1, 0.15) is 11.6 Å². The van der Waals surface area contributed by atoms with Gasteiger partial charge in [-0.25, -0.2) is 0 Å². The van der Waals surface area contributed by atoms with Crippen LogP contribution in [0.25, 0.3) is 0 Å². The van der Waals surface area contributed by atoms with E-state index in [0.29, 0.717) is 23.7 Å². The van der Waals surface area contributed by atoms with Crippen molar-refractivity contribution >= 4 is 35.0 Å². The number of fused-ring (bicyclic) bond motifs is 1. The van der Waals surface area contributed by atoms with Crippen LogP contribution in [0.15, 0.2) is 48.5 Å². The van der Waals surface area contributed by atoms with E-state index >= 15 is 0 Å². The van der Waals surface area contributed by atoms with Gasteiger partial charge in [-0.2, -0.15) is 0 Å². The fourth-order valence-corrected chi connectivity index (χ4v) is 6.93. The number of carbonyl (C=O) groups is 3. The van der Waals surface area contributed by atoms with Gasteiger partial charge < -0.3 is 25.4 Å². The van der Waals surface area contributed by atoms with Gasteiger partial charge in [0.05, 0.1) is 34.8 Å². The Balaban J connectivity index is 1.49. The van der Waals surface area contributed by atoms with Crippen molar-refractivity contribution < 1.29 is 24.2 Å². The molecule has 3 aliphatic rings. The zero-order chi connectivity index (χ0) is 26.5. The second-order valence-electron chi connectivity index (χ2n) is 10.6. The Bertz CT molecular complexity index is 1220. The SMILES string of the molecule is Cc1cccc(Cl)c1NC(=O)C1N(CCO)C(=O)[C@@H]2[C@H](C(=O)NCc3ccccc3)[C@@]3(C)OC12CC3C. The number of para-hydroxylation sites is 1. The molecule has 3 aliphatic heterocycles. The summed E-state index contributed by atoms with van der Waals surface area (Å²) in [5.41, 5.74) is 0.0944. The van der Waals surface area contributed by atoms with Gasteiger partial charge in [0, 0.05) is 13.1 Å². The Hall–Kier alpha value is -2.94. The van der Waals surface area contributed by atoms with Crippen molar-refractivity contribution in [1.82, 2.24) is 10.2 Å². The number of rotatable bonds is 7. The molecule has 0 saturated carbocycles. The number of aliphatic hydroxyl groups is 1. The number of β-amino-alcohol motifs (C(OH)–C–C–N with tert-alkyl or cyclic N) is 1. The summed E-state index contributed by atoms with van der Waals surface area (Å²) in [5.74, 6) is -2.74. The summed E-state index contributed by atoms with van der Waals surface area (Å²) in [7, 11) is 0. The monoisotopic (exact) mass is 525 g/mol. The fourth-order valence-electron chi connectivity index (χ4n) is 6.66. The lowest BCUT2D eigenvalue weighted by Gasteiger charge is -2.36. The van der Waals surface area contributed by atoms with E-state index in [1.807, 2.05) is 57.2 Å². The highest BCUT2D eigenvalue weighted by Gasteiger charge is 2.79. The third-order valence-electron chi connectivity index (χ3n) is 8.47. The highest BCUT2D eigenvalue weighted by Crippen LogP contribution is 2.65. The Kier molecular flexibility index (Phi) is 6.54. The molecule has 2 bridgehead atoms. The summed E-state index contributed by atoms with van der Waals surface area (Å²) < 4.78 is 6.65. The van der Waals surface area contributed by atoms with Crippen molar-refractivity contribution in [2.45, 2.75) is 51.0 Å². The number of aryl methyl sites for hydroxylation is 1. The van der Waals surface area contributed by atoms with Gasteiger partial charge in [-0.1, -0.05) is 61.0 Å². The lowest BCUT2D eigenvalue weighted by Crippen LogP contribution is -2.54. The van der Waals surface area contributed by atoms with Crippen LogP contribution in [-0.2, 0) is 25.7 Å². The molecule has 3 amide bonds. The molecule has 3 unspecified atom stereocenters. The van der Waals surface area contributed by atoms with Crippen LogP contribution in [0.5, 0.6) is 0 Å². The van der Waals surface area contributed by atoms with E-state index in [9.17, 15) is 19.5 Å². The summed E-state index contributed by atoms with van der Waals surface area (Å²) in [6.07, 6.45) is 0.448. The van der Waals surface area contributed by atoms with Gasteiger partial charge in [0.15, 0.2) is 0 Å². The van der Waals surface area contributed by atoms with E-state index in [0.717, 1.165) is 11.1 Å². The zero-order valence-corrected chi connectivity index (χ0v) is 21.9. The lowest BCUT2D eigenvalue weighted by molar-refractivity contribution is -0.146. The molecule has 0 aliphatic carbocycles. The standard InChI is InChI=1S/C28H32ClN3O5/c1-16-8-7-11-19(29)22(16)31-25(35)23-28-14-17(2)27(3,37-28)20(21(28)26(36)32(23)12-13-33)24(34)30-15-18-9-5-4-6-10-18/h4-11,17,20-21,23,33H,12-15H2,1-3H3,(H,30,34)(H,31,35)/t17?,20-,21+,23?,27+,28?/m1/s1. The smallest absolute Gasteiger partial charge is 0.250 e. The first kappa shape index (κ1) is 25.7. The van der Waals surface area contributed by atoms with E-state index in [4.69, 9.17) is 16.3 Å². The van der Waals surface area contributed by atoms with Crippen molar-refractivity contribution in [1.29, 1.82) is 0 Å². The highest BCUT2D eigenvalue weighted by atomic mass is 35.5. The van der Waals surface area contributed by atoms with Crippen molar-refractivity contribution in [3.63, 3.8) is 0 Å². The number of hydrogen-bond donors (Lipinski definition) is 3. The minimum absolute atomic E-state index is 0.0382. The number of nitrogens with zero attached hydrogens (tertiary/aromatic N) is 1. The van der Waals surface area contributed by atoms with Gasteiger partial charge in [0.25, 0.3) is 0 Å². The van der Waals surface area contributed by atoms with Crippen molar-refractivity contribution in [3.05, 3.63) is 64.7 Å². The number of benzene rings is 2. The molecule has 1 spiro atoms. The molecule has 2 aromatic carbocycles. The van der Waals surface area contributed by atoms with Crippen LogP contribution >= 0.6 is 11.6 Å². The number of nitrogens with one attached hydrogen (secondary N) is 2. The van der Waals surface area contributed by atoms with E-state index < -0.39 is 35.0 Å². The molecule has 9 heteroatoms. The van der Waals surface area contributed by atoms with E-state index in [1.54, 1.807) is 12.1 Å². The number of hydrogen-bond acceptors (Lipinski definition) is 5. The number of carbonyl (C=O) groups excluding carboxylic acids is 3. The topological polar surface area (TPSA) is 108 Å².